The number of nitrogens with zero attached hydrogens (tertiary/aromatic N) is 1. The third kappa shape index (κ3) is 4.05. The molecule has 1 aliphatic rings. The summed E-state index contributed by atoms with van der Waals surface area (Å²) in [5, 5.41) is 2.97. The van der Waals surface area contributed by atoms with E-state index in [1.54, 1.807) is 0 Å². The molecule has 1 amide bonds. The van der Waals surface area contributed by atoms with Gasteiger partial charge in [0, 0.05) is 11.6 Å². The van der Waals surface area contributed by atoms with Gasteiger partial charge in [-0.15, -0.1) is 0 Å². The van der Waals surface area contributed by atoms with Crippen LogP contribution in [0.15, 0.2) is 18.2 Å². The number of hydrogen-bond donors (Lipinski definition) is 2. The van der Waals surface area contributed by atoms with Gasteiger partial charge in [0.1, 0.15) is 17.4 Å². The molecule has 9 heteroatoms. The fraction of sp³-hybridized carbons (Fsp3) is 0.312. The van der Waals surface area contributed by atoms with Gasteiger partial charge in [0.2, 0.25) is 5.88 Å². The first-order valence-electron chi connectivity index (χ1n) is 7.54. The van der Waals surface area contributed by atoms with Gasteiger partial charge in [-0.25, -0.2) is 9.18 Å². The Morgan fingerprint density at radius 1 is 1.40 bits per heavy atom. The summed E-state index contributed by atoms with van der Waals surface area (Å²) >= 11 is 0.899. The predicted molar refractivity (Wildman–Crippen MR) is 89.1 cm³/mol. The number of ether oxygens (including phenoxy) is 2. The standard InChI is InChI=1S/C16H16FN3O4S/c1-23-16(22)12-13(18)25-20-15(12)24-7-8-4-9(6-10(17)5-8)14(21)19-11-2-3-11/h4-6,11H,2-3,7,18H2,1H3,(H,19,21). The Morgan fingerprint density at radius 3 is 2.84 bits per heavy atom. The Labute approximate surface area is 147 Å². The van der Waals surface area contributed by atoms with Gasteiger partial charge in [-0.05, 0) is 48.1 Å². The largest absolute Gasteiger partial charge is 0.472 e. The molecule has 0 bridgehead atoms. The molecule has 0 radical (unpaired) electrons. The first kappa shape index (κ1) is 17.2. The molecule has 1 saturated carbocycles. The molecule has 0 atom stereocenters. The summed E-state index contributed by atoms with van der Waals surface area (Å²) in [5.74, 6) is -1.52. The second-order valence-electron chi connectivity index (χ2n) is 5.60. The van der Waals surface area contributed by atoms with Crippen molar-refractivity contribution in [1.29, 1.82) is 0 Å². The Balaban J connectivity index is 1.74. The highest BCUT2D eigenvalue weighted by atomic mass is 32.1. The lowest BCUT2D eigenvalue weighted by atomic mass is 10.1. The highest BCUT2D eigenvalue weighted by Crippen LogP contribution is 2.29. The van der Waals surface area contributed by atoms with Crippen LogP contribution in [0.1, 0.15) is 39.1 Å². The van der Waals surface area contributed by atoms with Gasteiger partial charge in [0.15, 0.2) is 5.56 Å². The van der Waals surface area contributed by atoms with Crippen LogP contribution in [0.3, 0.4) is 0 Å². The van der Waals surface area contributed by atoms with E-state index in [0.29, 0.717) is 5.56 Å². The molecule has 3 N–H and O–H groups in total. The molecule has 0 saturated heterocycles. The molecule has 0 unspecified atom stereocenters. The molecule has 3 rings (SSSR count). The van der Waals surface area contributed by atoms with Gasteiger partial charge in [0.25, 0.3) is 5.91 Å². The van der Waals surface area contributed by atoms with E-state index in [4.69, 9.17) is 10.5 Å². The number of benzene rings is 1. The number of nitrogens with one attached hydrogen (secondary N) is 1. The minimum absolute atomic E-state index is 0.0163. The summed E-state index contributed by atoms with van der Waals surface area (Å²) in [4.78, 5) is 23.8. The summed E-state index contributed by atoms with van der Waals surface area (Å²) in [6.07, 6.45) is 1.89. The number of nitrogen functional groups attached to an aromatic ring is 1. The molecule has 1 aromatic carbocycles. The number of nitrogens with two attached hydrogens (primary N) is 1. The molecule has 1 heterocycles. The Kier molecular flexibility index (Phi) is 4.84. The second-order valence-corrected chi connectivity index (χ2v) is 6.41. The number of anilines is 1. The molecule has 1 aromatic heterocycles. The number of halogens is 1. The van der Waals surface area contributed by atoms with Crippen LogP contribution in [0, 0.1) is 5.82 Å². The molecule has 0 aliphatic heterocycles. The maximum absolute atomic E-state index is 13.8. The van der Waals surface area contributed by atoms with E-state index < -0.39 is 11.8 Å². The van der Waals surface area contributed by atoms with Crippen molar-refractivity contribution in [2.75, 3.05) is 12.8 Å². The monoisotopic (exact) mass is 365 g/mol. The van der Waals surface area contributed by atoms with Crippen molar-refractivity contribution < 1.29 is 23.5 Å². The molecular formula is C16H16FN3O4S. The normalized spacial score (nSPS) is 13.4. The smallest absolute Gasteiger partial charge is 0.346 e. The highest BCUT2D eigenvalue weighted by Gasteiger charge is 2.24. The molecule has 1 fully saturated rings. The number of esters is 1. The maximum Gasteiger partial charge on any atom is 0.346 e. The fourth-order valence-electron chi connectivity index (χ4n) is 2.19. The first-order valence-corrected chi connectivity index (χ1v) is 8.32. The van der Waals surface area contributed by atoms with Gasteiger partial charge in [-0.1, -0.05) is 0 Å². The summed E-state index contributed by atoms with van der Waals surface area (Å²) < 4.78 is 27.8. The molecule has 0 spiro atoms. The number of methoxy groups -OCH3 is 1. The lowest BCUT2D eigenvalue weighted by molar-refractivity contribution is 0.0596. The summed E-state index contributed by atoms with van der Waals surface area (Å²) in [5.41, 5.74) is 6.38. The maximum atomic E-state index is 13.8. The predicted octanol–water partition coefficient (Wildman–Crippen LogP) is 2.12. The number of amides is 1. The summed E-state index contributed by atoms with van der Waals surface area (Å²) in [7, 11) is 1.22. The van der Waals surface area contributed by atoms with Crippen LogP contribution in [0.5, 0.6) is 5.88 Å². The van der Waals surface area contributed by atoms with Gasteiger partial charge in [-0.2, -0.15) is 4.37 Å². The molecular weight excluding hydrogens is 349 g/mol. The van der Waals surface area contributed by atoms with Crippen molar-refractivity contribution in [3.05, 3.63) is 40.7 Å². The quantitative estimate of drug-likeness (QED) is 0.760. The Hall–Kier alpha value is -2.68. The third-order valence-corrected chi connectivity index (χ3v) is 4.24. The minimum atomic E-state index is -0.662. The lowest BCUT2D eigenvalue weighted by Gasteiger charge is -2.08. The van der Waals surface area contributed by atoms with Crippen molar-refractivity contribution in [1.82, 2.24) is 9.69 Å². The van der Waals surface area contributed by atoms with E-state index in [1.165, 1.54) is 25.3 Å². The third-order valence-electron chi connectivity index (χ3n) is 3.58. The van der Waals surface area contributed by atoms with E-state index in [1.807, 2.05) is 0 Å². The zero-order chi connectivity index (χ0) is 18.0. The van der Waals surface area contributed by atoms with E-state index in [0.717, 1.165) is 24.4 Å². The number of hydrogen-bond acceptors (Lipinski definition) is 7. The molecule has 2 aromatic rings. The fourth-order valence-corrected chi connectivity index (χ4v) is 2.78. The Morgan fingerprint density at radius 2 is 2.16 bits per heavy atom. The van der Waals surface area contributed by atoms with Crippen LogP contribution in [0.4, 0.5) is 9.39 Å². The van der Waals surface area contributed by atoms with Crippen molar-refractivity contribution >= 4 is 28.4 Å². The Bertz CT molecular complexity index is 820. The second kappa shape index (κ2) is 7.06. The SMILES string of the molecule is COC(=O)c1c(OCc2cc(F)cc(C(=O)NC3CC3)c2)nsc1N. The minimum Gasteiger partial charge on any atom is -0.472 e. The van der Waals surface area contributed by atoms with Crippen LogP contribution in [-0.4, -0.2) is 29.4 Å². The zero-order valence-corrected chi connectivity index (χ0v) is 14.2. The van der Waals surface area contributed by atoms with E-state index in [9.17, 15) is 14.0 Å². The first-order chi connectivity index (χ1) is 12.0. The number of rotatable bonds is 6. The summed E-state index contributed by atoms with van der Waals surface area (Å²) in [6, 6.07) is 4.13. The molecule has 1 aliphatic carbocycles. The van der Waals surface area contributed by atoms with Crippen LogP contribution >= 0.6 is 11.5 Å². The average molecular weight is 365 g/mol. The zero-order valence-electron chi connectivity index (χ0n) is 13.4. The van der Waals surface area contributed by atoms with Gasteiger partial charge < -0.3 is 20.5 Å². The van der Waals surface area contributed by atoms with Crippen LogP contribution in [0.2, 0.25) is 0 Å². The van der Waals surface area contributed by atoms with E-state index >= 15 is 0 Å². The van der Waals surface area contributed by atoms with Gasteiger partial charge >= 0.3 is 5.97 Å². The topological polar surface area (TPSA) is 104 Å². The van der Waals surface area contributed by atoms with Crippen LogP contribution < -0.4 is 15.8 Å². The number of carbonyl (C=O) groups is 2. The van der Waals surface area contributed by atoms with Crippen LogP contribution in [-0.2, 0) is 11.3 Å². The van der Waals surface area contributed by atoms with Crippen molar-refractivity contribution in [3.63, 3.8) is 0 Å². The van der Waals surface area contributed by atoms with E-state index in [-0.39, 0.29) is 40.6 Å². The average Bonchev–Trinajstić information content (AvgIpc) is 3.32. The van der Waals surface area contributed by atoms with Crippen molar-refractivity contribution in [2.45, 2.75) is 25.5 Å². The summed E-state index contributed by atoms with van der Waals surface area (Å²) in [6.45, 7) is -0.0748. The molecule has 7 nitrogen and oxygen atoms in total. The van der Waals surface area contributed by atoms with Crippen molar-refractivity contribution in [2.24, 2.45) is 0 Å². The van der Waals surface area contributed by atoms with E-state index in [2.05, 4.69) is 14.4 Å². The lowest BCUT2D eigenvalue weighted by Crippen LogP contribution is -2.25. The van der Waals surface area contributed by atoms with Gasteiger partial charge in [-0.3, -0.25) is 4.79 Å². The van der Waals surface area contributed by atoms with Gasteiger partial charge in [0.05, 0.1) is 7.11 Å². The molecule has 132 valence electrons. The number of aromatic nitrogens is 1. The van der Waals surface area contributed by atoms with Crippen molar-refractivity contribution in [3.8, 4) is 5.88 Å². The van der Waals surface area contributed by atoms with Crippen LogP contribution in [0.25, 0.3) is 0 Å². The highest BCUT2D eigenvalue weighted by molar-refractivity contribution is 7.10. The number of carbonyl (C=O) groups excluding carboxylic acids is 2. The molecule has 25 heavy (non-hydrogen) atoms.